The average molecular weight is 208 g/mol. The van der Waals surface area contributed by atoms with Gasteiger partial charge in [-0.2, -0.15) is 17.0 Å². The van der Waals surface area contributed by atoms with Crippen molar-refractivity contribution in [3.05, 3.63) is 0 Å². The SMILES string of the molecule is CS(=O)(=O)CCSCC(N)C#N. The molecule has 0 aliphatic heterocycles. The summed E-state index contributed by atoms with van der Waals surface area (Å²) in [5.41, 5.74) is 5.29. The van der Waals surface area contributed by atoms with Crippen molar-refractivity contribution in [2.24, 2.45) is 5.73 Å². The number of thioether (sulfide) groups is 1. The average Bonchev–Trinajstić information content (AvgIpc) is 1.96. The van der Waals surface area contributed by atoms with E-state index in [1.165, 1.54) is 18.0 Å². The van der Waals surface area contributed by atoms with Crippen LogP contribution in [0.25, 0.3) is 0 Å². The highest BCUT2D eigenvalue weighted by Crippen LogP contribution is 2.02. The Morgan fingerprint density at radius 3 is 2.67 bits per heavy atom. The first-order valence-corrected chi connectivity index (χ1v) is 6.58. The molecule has 0 spiro atoms. The lowest BCUT2D eigenvalue weighted by molar-refractivity contribution is 0.603. The summed E-state index contributed by atoms with van der Waals surface area (Å²) >= 11 is 1.39. The van der Waals surface area contributed by atoms with Crippen molar-refractivity contribution in [1.82, 2.24) is 0 Å². The van der Waals surface area contributed by atoms with Crippen LogP contribution in [0.4, 0.5) is 0 Å². The normalized spacial score (nSPS) is 13.8. The third kappa shape index (κ3) is 7.85. The van der Waals surface area contributed by atoms with Gasteiger partial charge in [0.1, 0.15) is 15.9 Å². The molecule has 2 N–H and O–H groups in total. The van der Waals surface area contributed by atoms with Gasteiger partial charge in [0, 0.05) is 17.8 Å². The second-order valence-electron chi connectivity index (χ2n) is 2.44. The third-order valence-corrected chi connectivity index (χ3v) is 3.35. The Kier molecular flexibility index (Phi) is 5.29. The molecule has 0 fully saturated rings. The standard InChI is InChI=1S/C6H12N2O2S2/c1-12(9,10)3-2-11-5-6(8)4-7/h6H,2-3,5,8H2,1H3. The van der Waals surface area contributed by atoms with Gasteiger partial charge in [-0.3, -0.25) is 0 Å². The fraction of sp³-hybridized carbons (Fsp3) is 0.833. The fourth-order valence-corrected chi connectivity index (χ4v) is 2.64. The van der Waals surface area contributed by atoms with Crippen LogP contribution in [0.3, 0.4) is 0 Å². The van der Waals surface area contributed by atoms with Crippen LogP contribution in [0, 0.1) is 11.3 Å². The molecule has 6 heteroatoms. The molecule has 70 valence electrons. The van der Waals surface area contributed by atoms with Crippen molar-refractivity contribution in [1.29, 1.82) is 5.26 Å². The number of sulfone groups is 1. The maximum Gasteiger partial charge on any atom is 0.148 e. The van der Waals surface area contributed by atoms with Crippen LogP contribution < -0.4 is 5.73 Å². The third-order valence-electron chi connectivity index (χ3n) is 1.06. The Labute approximate surface area is 77.0 Å². The monoisotopic (exact) mass is 208 g/mol. The molecule has 1 atom stereocenters. The van der Waals surface area contributed by atoms with E-state index in [0.717, 1.165) is 0 Å². The first-order chi connectivity index (χ1) is 5.45. The zero-order valence-corrected chi connectivity index (χ0v) is 8.49. The number of nitrogens with two attached hydrogens (primary N) is 1. The van der Waals surface area contributed by atoms with Gasteiger partial charge in [0.05, 0.1) is 11.8 Å². The van der Waals surface area contributed by atoms with Gasteiger partial charge < -0.3 is 5.73 Å². The van der Waals surface area contributed by atoms with E-state index in [1.807, 2.05) is 6.07 Å². The number of rotatable bonds is 5. The first kappa shape index (κ1) is 11.8. The molecule has 0 rings (SSSR count). The molecule has 0 heterocycles. The molecule has 0 bridgehead atoms. The Morgan fingerprint density at radius 1 is 1.67 bits per heavy atom. The highest BCUT2D eigenvalue weighted by atomic mass is 32.2. The van der Waals surface area contributed by atoms with E-state index in [4.69, 9.17) is 11.0 Å². The highest BCUT2D eigenvalue weighted by molar-refractivity contribution is 8.00. The summed E-state index contributed by atoms with van der Waals surface area (Å²) in [4.78, 5) is 0. The molecule has 0 saturated carbocycles. The van der Waals surface area contributed by atoms with Crippen LogP contribution in [0.2, 0.25) is 0 Å². The quantitative estimate of drug-likeness (QED) is 0.622. The van der Waals surface area contributed by atoms with Crippen LogP contribution in [0.5, 0.6) is 0 Å². The van der Waals surface area contributed by atoms with Gasteiger partial charge in [-0.25, -0.2) is 8.42 Å². The van der Waals surface area contributed by atoms with Gasteiger partial charge in [-0.1, -0.05) is 0 Å². The predicted octanol–water partition coefficient (Wildman–Crippen LogP) is -0.385. The molecule has 0 aliphatic carbocycles. The molecule has 0 saturated heterocycles. The van der Waals surface area contributed by atoms with Crippen molar-refractivity contribution >= 4 is 21.6 Å². The Balaban J connectivity index is 3.42. The van der Waals surface area contributed by atoms with Crippen molar-refractivity contribution in [2.45, 2.75) is 6.04 Å². The summed E-state index contributed by atoms with van der Waals surface area (Å²) in [5.74, 6) is 1.15. The molecule has 0 aromatic rings. The van der Waals surface area contributed by atoms with Gasteiger partial charge in [0.2, 0.25) is 0 Å². The van der Waals surface area contributed by atoms with Crippen LogP contribution in [-0.4, -0.2) is 38.0 Å². The van der Waals surface area contributed by atoms with Crippen LogP contribution in [-0.2, 0) is 9.84 Å². The summed E-state index contributed by atoms with van der Waals surface area (Å²) in [7, 11) is -2.87. The molecule has 0 aromatic carbocycles. The minimum atomic E-state index is -2.87. The molecule has 0 radical (unpaired) electrons. The van der Waals surface area contributed by atoms with E-state index in [1.54, 1.807) is 0 Å². The number of nitriles is 1. The van der Waals surface area contributed by atoms with Crippen molar-refractivity contribution in [3.63, 3.8) is 0 Å². The van der Waals surface area contributed by atoms with Crippen molar-refractivity contribution in [3.8, 4) is 6.07 Å². The number of hydrogen-bond acceptors (Lipinski definition) is 5. The minimum absolute atomic E-state index is 0.149. The van der Waals surface area contributed by atoms with Gasteiger partial charge in [0.25, 0.3) is 0 Å². The second-order valence-corrected chi connectivity index (χ2v) is 5.85. The van der Waals surface area contributed by atoms with Crippen LogP contribution in [0.15, 0.2) is 0 Å². The zero-order valence-electron chi connectivity index (χ0n) is 6.86. The summed E-state index contributed by atoms with van der Waals surface area (Å²) < 4.78 is 21.3. The van der Waals surface area contributed by atoms with E-state index < -0.39 is 15.9 Å². The molecular weight excluding hydrogens is 196 g/mol. The van der Waals surface area contributed by atoms with E-state index >= 15 is 0 Å². The zero-order chi connectivity index (χ0) is 9.61. The topological polar surface area (TPSA) is 83.9 Å². The van der Waals surface area contributed by atoms with Gasteiger partial charge in [-0.05, 0) is 0 Å². The van der Waals surface area contributed by atoms with E-state index in [2.05, 4.69) is 0 Å². The van der Waals surface area contributed by atoms with Gasteiger partial charge >= 0.3 is 0 Å². The highest BCUT2D eigenvalue weighted by Gasteiger charge is 2.03. The molecule has 12 heavy (non-hydrogen) atoms. The van der Waals surface area contributed by atoms with Gasteiger partial charge in [-0.15, -0.1) is 0 Å². The number of nitrogens with zero attached hydrogens (tertiary/aromatic N) is 1. The molecule has 0 aliphatic rings. The summed E-state index contributed by atoms with van der Waals surface area (Å²) in [6.07, 6.45) is 1.19. The van der Waals surface area contributed by atoms with E-state index in [0.29, 0.717) is 11.5 Å². The molecule has 4 nitrogen and oxygen atoms in total. The van der Waals surface area contributed by atoms with Crippen molar-refractivity contribution < 1.29 is 8.42 Å². The van der Waals surface area contributed by atoms with Gasteiger partial charge in [0.15, 0.2) is 0 Å². The Morgan fingerprint density at radius 2 is 2.25 bits per heavy atom. The molecule has 0 aromatic heterocycles. The maximum absolute atomic E-state index is 10.6. The predicted molar refractivity (Wildman–Crippen MR) is 50.6 cm³/mol. The summed E-state index contributed by atoms with van der Waals surface area (Å²) in [5, 5.41) is 8.29. The maximum atomic E-state index is 10.6. The van der Waals surface area contributed by atoms with Crippen LogP contribution >= 0.6 is 11.8 Å². The number of hydrogen-bond donors (Lipinski definition) is 1. The van der Waals surface area contributed by atoms with E-state index in [9.17, 15) is 8.42 Å². The van der Waals surface area contributed by atoms with Crippen LogP contribution in [0.1, 0.15) is 0 Å². The lowest BCUT2D eigenvalue weighted by Crippen LogP contribution is -2.20. The Bertz CT molecular complexity index is 255. The largest absolute Gasteiger partial charge is 0.315 e. The first-order valence-electron chi connectivity index (χ1n) is 3.36. The van der Waals surface area contributed by atoms with E-state index in [-0.39, 0.29) is 5.75 Å². The molecule has 0 amide bonds. The second kappa shape index (κ2) is 5.41. The summed E-state index contributed by atoms with van der Waals surface area (Å²) in [6.45, 7) is 0. The summed E-state index contributed by atoms with van der Waals surface area (Å²) in [6, 6.07) is 1.38. The molecular formula is C6H12N2O2S2. The minimum Gasteiger partial charge on any atom is -0.315 e. The lowest BCUT2D eigenvalue weighted by Gasteiger charge is -2.01. The Hall–Kier alpha value is -0.250. The lowest BCUT2D eigenvalue weighted by atomic mass is 10.4. The fourth-order valence-electron chi connectivity index (χ4n) is 0.458. The smallest absolute Gasteiger partial charge is 0.148 e. The molecule has 1 unspecified atom stereocenters. The van der Waals surface area contributed by atoms with Crippen molar-refractivity contribution in [2.75, 3.05) is 23.5 Å².